The van der Waals surface area contributed by atoms with Crippen molar-refractivity contribution in [3.8, 4) is 6.07 Å². The Morgan fingerprint density at radius 3 is 2.62 bits per heavy atom. The molecule has 0 unspecified atom stereocenters. The average Bonchev–Trinajstić information content (AvgIpc) is 3.22. The number of carbonyl (C=O) groups is 1. The number of nitrogens with zero attached hydrogens (tertiary/aromatic N) is 4. The predicted molar refractivity (Wildman–Crippen MR) is 115 cm³/mol. The van der Waals surface area contributed by atoms with Crippen LogP contribution >= 0.6 is 11.3 Å². The minimum Gasteiger partial charge on any atom is -0.278 e. The van der Waals surface area contributed by atoms with Gasteiger partial charge < -0.3 is 0 Å². The number of nitriles is 1. The molecular weight excluding hydrogens is 380 g/mol. The molecule has 1 amide bonds. The Bertz CT molecular complexity index is 1190. The Morgan fingerprint density at radius 2 is 1.93 bits per heavy atom. The highest BCUT2D eigenvalue weighted by atomic mass is 32.1. The van der Waals surface area contributed by atoms with E-state index in [0.29, 0.717) is 22.8 Å². The zero-order chi connectivity index (χ0) is 20.2. The number of aromatic nitrogens is 2. The minimum absolute atomic E-state index is 0.169. The highest BCUT2D eigenvalue weighted by molar-refractivity contribution is 7.22. The van der Waals surface area contributed by atoms with Crippen molar-refractivity contribution in [1.29, 1.82) is 5.26 Å². The molecule has 4 rings (SSSR count). The Labute approximate surface area is 172 Å². The van der Waals surface area contributed by atoms with Crippen molar-refractivity contribution in [1.82, 2.24) is 9.97 Å². The summed E-state index contributed by atoms with van der Waals surface area (Å²) in [7, 11) is 0. The Kier molecular flexibility index (Phi) is 5.32. The number of pyridine rings is 1. The van der Waals surface area contributed by atoms with E-state index in [0.717, 1.165) is 27.9 Å². The summed E-state index contributed by atoms with van der Waals surface area (Å²) in [6.45, 7) is 2.42. The standard InChI is InChI=1S/C23H18N4OS/c1-2-17-6-5-8-20-21(17)26-23(29-20)27(15-19-7-3-4-13-25-19)22(28)18-11-9-16(14-24)10-12-18/h3-13H,2,15H2,1H3. The number of hydrogen-bond donors (Lipinski definition) is 0. The fourth-order valence-electron chi connectivity index (χ4n) is 3.12. The number of aryl methyl sites for hydroxylation is 1. The fraction of sp³-hybridized carbons (Fsp3) is 0.130. The minimum atomic E-state index is -0.169. The molecule has 2 heterocycles. The summed E-state index contributed by atoms with van der Waals surface area (Å²) < 4.78 is 1.05. The van der Waals surface area contributed by atoms with Crippen LogP contribution in [0.1, 0.15) is 34.1 Å². The number of anilines is 1. The molecule has 4 aromatic rings. The maximum Gasteiger partial charge on any atom is 0.260 e. The summed E-state index contributed by atoms with van der Waals surface area (Å²) >= 11 is 1.50. The van der Waals surface area contributed by atoms with Crippen LogP contribution < -0.4 is 4.90 Å². The van der Waals surface area contributed by atoms with Crippen LogP contribution in [-0.4, -0.2) is 15.9 Å². The van der Waals surface area contributed by atoms with Gasteiger partial charge in [0, 0.05) is 11.8 Å². The van der Waals surface area contributed by atoms with Gasteiger partial charge in [-0.05, 0) is 54.4 Å². The molecule has 0 radical (unpaired) electrons. The van der Waals surface area contributed by atoms with Gasteiger partial charge in [-0.1, -0.05) is 36.5 Å². The summed E-state index contributed by atoms with van der Waals surface area (Å²) in [5.74, 6) is -0.169. The molecule has 0 atom stereocenters. The number of carbonyl (C=O) groups excluding carboxylic acids is 1. The normalized spacial score (nSPS) is 10.6. The van der Waals surface area contributed by atoms with Gasteiger partial charge in [0.25, 0.3) is 5.91 Å². The van der Waals surface area contributed by atoms with Gasteiger partial charge in [0.15, 0.2) is 5.13 Å². The van der Waals surface area contributed by atoms with Gasteiger partial charge in [-0.2, -0.15) is 5.26 Å². The molecule has 6 heteroatoms. The van der Waals surface area contributed by atoms with E-state index in [-0.39, 0.29) is 5.91 Å². The van der Waals surface area contributed by atoms with Gasteiger partial charge in [0.05, 0.1) is 34.1 Å². The molecule has 0 bridgehead atoms. The molecule has 29 heavy (non-hydrogen) atoms. The van der Waals surface area contributed by atoms with E-state index in [4.69, 9.17) is 10.2 Å². The molecule has 5 nitrogen and oxygen atoms in total. The smallest absolute Gasteiger partial charge is 0.260 e. The van der Waals surface area contributed by atoms with E-state index in [1.165, 1.54) is 11.3 Å². The van der Waals surface area contributed by atoms with E-state index in [1.807, 2.05) is 30.3 Å². The number of benzene rings is 2. The van der Waals surface area contributed by atoms with E-state index in [2.05, 4.69) is 24.0 Å². The van der Waals surface area contributed by atoms with Crippen molar-refractivity contribution in [2.75, 3.05) is 4.90 Å². The first-order valence-corrected chi connectivity index (χ1v) is 10.1. The van der Waals surface area contributed by atoms with Crippen molar-refractivity contribution in [3.05, 3.63) is 89.2 Å². The van der Waals surface area contributed by atoms with Crippen LogP contribution in [0.5, 0.6) is 0 Å². The van der Waals surface area contributed by atoms with E-state index in [9.17, 15) is 4.79 Å². The van der Waals surface area contributed by atoms with E-state index >= 15 is 0 Å². The number of hydrogen-bond acceptors (Lipinski definition) is 5. The summed E-state index contributed by atoms with van der Waals surface area (Å²) in [5, 5.41) is 9.66. The van der Waals surface area contributed by atoms with Gasteiger partial charge in [0.2, 0.25) is 0 Å². The summed E-state index contributed by atoms with van der Waals surface area (Å²) in [6.07, 6.45) is 2.59. The zero-order valence-corrected chi connectivity index (χ0v) is 16.7. The largest absolute Gasteiger partial charge is 0.278 e. The Hall–Kier alpha value is -3.56. The quantitative estimate of drug-likeness (QED) is 0.476. The second-order valence-electron chi connectivity index (χ2n) is 6.52. The van der Waals surface area contributed by atoms with Gasteiger partial charge in [-0.25, -0.2) is 4.98 Å². The second-order valence-corrected chi connectivity index (χ2v) is 7.52. The first-order chi connectivity index (χ1) is 14.2. The monoisotopic (exact) mass is 398 g/mol. The first-order valence-electron chi connectivity index (χ1n) is 9.30. The first kappa shape index (κ1) is 18.8. The van der Waals surface area contributed by atoms with E-state index in [1.54, 1.807) is 35.4 Å². The number of rotatable bonds is 5. The lowest BCUT2D eigenvalue weighted by atomic mass is 10.1. The molecule has 0 aliphatic carbocycles. The fourth-order valence-corrected chi connectivity index (χ4v) is 4.13. The van der Waals surface area contributed by atoms with Crippen molar-refractivity contribution in [2.45, 2.75) is 19.9 Å². The third-order valence-corrected chi connectivity index (χ3v) is 5.70. The number of para-hydroxylation sites is 1. The summed E-state index contributed by atoms with van der Waals surface area (Å²) in [6, 6.07) is 20.5. The molecule has 0 saturated carbocycles. The van der Waals surface area contributed by atoms with Gasteiger partial charge in [-0.3, -0.25) is 14.7 Å². The molecular formula is C23H18N4OS. The lowest BCUT2D eigenvalue weighted by Gasteiger charge is -2.19. The number of amides is 1. The Balaban J connectivity index is 1.77. The van der Waals surface area contributed by atoms with Crippen molar-refractivity contribution in [2.24, 2.45) is 0 Å². The van der Waals surface area contributed by atoms with Crippen LogP contribution in [0.15, 0.2) is 66.9 Å². The van der Waals surface area contributed by atoms with Gasteiger partial charge >= 0.3 is 0 Å². The van der Waals surface area contributed by atoms with Crippen molar-refractivity contribution >= 4 is 32.6 Å². The highest BCUT2D eigenvalue weighted by Gasteiger charge is 2.22. The van der Waals surface area contributed by atoms with Crippen LogP contribution in [0.25, 0.3) is 10.2 Å². The lowest BCUT2D eigenvalue weighted by molar-refractivity contribution is 0.0985. The van der Waals surface area contributed by atoms with Crippen LogP contribution in [0, 0.1) is 11.3 Å². The molecule has 2 aromatic heterocycles. The molecule has 0 aliphatic heterocycles. The topological polar surface area (TPSA) is 69.9 Å². The van der Waals surface area contributed by atoms with Gasteiger partial charge in [-0.15, -0.1) is 0 Å². The molecule has 0 aliphatic rings. The Morgan fingerprint density at radius 1 is 1.10 bits per heavy atom. The van der Waals surface area contributed by atoms with E-state index < -0.39 is 0 Å². The lowest BCUT2D eigenvalue weighted by Crippen LogP contribution is -2.30. The maximum absolute atomic E-state index is 13.4. The van der Waals surface area contributed by atoms with Gasteiger partial charge in [0.1, 0.15) is 0 Å². The van der Waals surface area contributed by atoms with Crippen molar-refractivity contribution in [3.63, 3.8) is 0 Å². The molecule has 0 N–H and O–H groups in total. The van der Waals surface area contributed by atoms with Crippen LogP contribution in [0.2, 0.25) is 0 Å². The van der Waals surface area contributed by atoms with Crippen LogP contribution in [0.3, 0.4) is 0 Å². The molecule has 0 spiro atoms. The maximum atomic E-state index is 13.4. The van der Waals surface area contributed by atoms with Crippen LogP contribution in [-0.2, 0) is 13.0 Å². The second kappa shape index (κ2) is 8.21. The zero-order valence-electron chi connectivity index (χ0n) is 15.9. The third-order valence-electron chi connectivity index (χ3n) is 4.66. The van der Waals surface area contributed by atoms with Crippen molar-refractivity contribution < 1.29 is 4.79 Å². The molecule has 0 fully saturated rings. The highest BCUT2D eigenvalue weighted by Crippen LogP contribution is 2.32. The number of thiazole rings is 1. The average molecular weight is 398 g/mol. The SMILES string of the molecule is CCc1cccc2sc(N(Cc3ccccn3)C(=O)c3ccc(C#N)cc3)nc12. The number of fused-ring (bicyclic) bond motifs is 1. The summed E-state index contributed by atoms with van der Waals surface area (Å²) in [5.41, 5.74) is 3.91. The molecule has 2 aromatic carbocycles. The van der Waals surface area contributed by atoms with Crippen LogP contribution in [0.4, 0.5) is 5.13 Å². The summed E-state index contributed by atoms with van der Waals surface area (Å²) in [4.78, 5) is 24.2. The third kappa shape index (κ3) is 3.86. The molecule has 0 saturated heterocycles. The molecule has 142 valence electrons. The predicted octanol–water partition coefficient (Wildman–Crippen LogP) is 4.97.